The van der Waals surface area contributed by atoms with Crippen LogP contribution in [0, 0.1) is 5.82 Å². The van der Waals surface area contributed by atoms with Crippen molar-refractivity contribution in [2.45, 2.75) is 30.1 Å². The Morgan fingerprint density at radius 3 is 2.64 bits per heavy atom. The van der Waals surface area contributed by atoms with E-state index in [1.165, 1.54) is 47.5 Å². The molecule has 1 aliphatic heterocycles. The quantitative estimate of drug-likeness (QED) is 0.598. The number of amides is 1. The van der Waals surface area contributed by atoms with E-state index >= 15 is 0 Å². The summed E-state index contributed by atoms with van der Waals surface area (Å²) in [5, 5.41) is 7.14. The maximum absolute atomic E-state index is 13.8. The molecule has 1 amide bonds. The zero-order valence-electron chi connectivity index (χ0n) is 17.4. The molecular formula is C22H21F3N4O3S. The van der Waals surface area contributed by atoms with E-state index in [0.717, 1.165) is 0 Å². The molecule has 11 heteroatoms. The molecule has 0 atom stereocenters. The Balaban J connectivity index is 1.77. The van der Waals surface area contributed by atoms with E-state index in [0.29, 0.717) is 5.39 Å². The van der Waals surface area contributed by atoms with Gasteiger partial charge in [-0.3, -0.25) is 10.2 Å². The molecule has 4 rings (SSSR count). The first kappa shape index (κ1) is 23.1. The average Bonchev–Trinajstić information content (AvgIpc) is 2.92. The van der Waals surface area contributed by atoms with Gasteiger partial charge in [-0.25, -0.2) is 36.7 Å². The topological polar surface area (TPSA) is 105 Å². The number of hydrogen-bond acceptors (Lipinski definition) is 5. The molecule has 0 aliphatic carbocycles. The van der Waals surface area contributed by atoms with Crippen molar-refractivity contribution in [1.82, 2.24) is 15.4 Å². The van der Waals surface area contributed by atoms with Crippen molar-refractivity contribution >= 4 is 26.8 Å². The number of sulfonamides is 1. The van der Waals surface area contributed by atoms with Crippen LogP contribution < -0.4 is 10.6 Å². The summed E-state index contributed by atoms with van der Waals surface area (Å²) in [5.41, 5.74) is 3.38. The summed E-state index contributed by atoms with van der Waals surface area (Å²) in [4.78, 5) is 17.4. The van der Waals surface area contributed by atoms with E-state index in [1.807, 2.05) is 0 Å². The molecule has 3 aromatic rings. The highest BCUT2D eigenvalue weighted by Gasteiger charge is 2.32. The number of nitrogens with zero attached hydrogens (tertiary/aromatic N) is 2. The fourth-order valence-corrected chi connectivity index (χ4v) is 4.29. The molecule has 2 heterocycles. The Kier molecular flexibility index (Phi) is 6.12. The first-order chi connectivity index (χ1) is 15.5. The van der Waals surface area contributed by atoms with Crippen molar-refractivity contribution in [3.8, 4) is 11.3 Å². The molecule has 7 nitrogen and oxygen atoms in total. The van der Waals surface area contributed by atoms with E-state index < -0.39 is 27.7 Å². The molecule has 0 radical (unpaired) electrons. The first-order valence-corrected chi connectivity index (χ1v) is 11.7. The van der Waals surface area contributed by atoms with Gasteiger partial charge < -0.3 is 0 Å². The Morgan fingerprint density at radius 1 is 1.09 bits per heavy atom. The lowest BCUT2D eigenvalue weighted by molar-refractivity contribution is -0.0143. The van der Waals surface area contributed by atoms with E-state index in [1.54, 1.807) is 6.07 Å². The predicted octanol–water partition coefficient (Wildman–Crippen LogP) is 3.45. The number of rotatable bonds is 4. The molecule has 3 N–H and O–H groups in total. The molecule has 1 aromatic heterocycles. The Morgan fingerprint density at radius 2 is 1.88 bits per heavy atom. The monoisotopic (exact) mass is 478 g/mol. The van der Waals surface area contributed by atoms with Crippen LogP contribution in [-0.2, 0) is 10.0 Å². The second-order valence-corrected chi connectivity index (χ2v) is 9.49. The van der Waals surface area contributed by atoms with E-state index in [9.17, 15) is 26.4 Å². The van der Waals surface area contributed by atoms with Crippen molar-refractivity contribution in [1.29, 1.82) is 0 Å². The number of pyridine rings is 1. The smallest absolute Gasteiger partial charge is 0.267 e. The lowest BCUT2D eigenvalue weighted by atomic mass is 10.0. The minimum absolute atomic E-state index is 0.0266. The van der Waals surface area contributed by atoms with Gasteiger partial charge in [0.2, 0.25) is 15.9 Å². The van der Waals surface area contributed by atoms with Gasteiger partial charge in [0.25, 0.3) is 5.91 Å². The van der Waals surface area contributed by atoms with Gasteiger partial charge in [-0.1, -0.05) is 12.1 Å². The number of aromatic nitrogens is 1. The zero-order valence-corrected chi connectivity index (χ0v) is 18.2. The standard InChI is InChI=1S/C22H21F3N4O3S/c23-16-6-5-14-12-18(21(30)28-29-9-2-7-22(24,25)8-10-29)20(27-19(14)13-16)15-3-1-4-17(11-15)33(26,31)32/h1,3-6,11-13H,2,7-10H2,(H,28,30)(H2,26,31,32). The minimum Gasteiger partial charge on any atom is -0.285 e. The summed E-state index contributed by atoms with van der Waals surface area (Å²) in [6.45, 7) is 0.227. The number of primary sulfonamides is 1. The third kappa shape index (κ3) is 5.32. The van der Waals surface area contributed by atoms with Crippen molar-refractivity contribution < 1.29 is 26.4 Å². The maximum Gasteiger partial charge on any atom is 0.267 e. The highest BCUT2D eigenvalue weighted by molar-refractivity contribution is 7.89. The Bertz CT molecular complexity index is 1330. The molecular weight excluding hydrogens is 457 g/mol. The molecule has 174 valence electrons. The Hall–Kier alpha value is -3.02. The molecule has 2 aromatic carbocycles. The number of hydrazine groups is 1. The molecule has 1 fully saturated rings. The van der Waals surface area contributed by atoms with Gasteiger partial charge in [0.05, 0.1) is 21.7 Å². The molecule has 0 bridgehead atoms. The molecule has 0 unspecified atom stereocenters. The van der Waals surface area contributed by atoms with Crippen LogP contribution in [0.3, 0.4) is 0 Å². The summed E-state index contributed by atoms with van der Waals surface area (Å²) in [5.74, 6) is -3.91. The number of nitrogens with one attached hydrogen (secondary N) is 1. The second kappa shape index (κ2) is 8.73. The fourth-order valence-electron chi connectivity index (χ4n) is 3.73. The average molecular weight is 478 g/mol. The van der Waals surface area contributed by atoms with Crippen molar-refractivity contribution in [2.75, 3.05) is 13.1 Å². The van der Waals surface area contributed by atoms with Crippen LogP contribution in [0.15, 0.2) is 53.4 Å². The largest absolute Gasteiger partial charge is 0.285 e. The van der Waals surface area contributed by atoms with Gasteiger partial charge in [0.1, 0.15) is 5.82 Å². The van der Waals surface area contributed by atoms with Gasteiger partial charge in [0.15, 0.2) is 0 Å². The van der Waals surface area contributed by atoms with E-state index in [2.05, 4.69) is 10.4 Å². The van der Waals surface area contributed by atoms with Gasteiger partial charge in [-0.15, -0.1) is 0 Å². The summed E-state index contributed by atoms with van der Waals surface area (Å²) in [6, 6.07) is 11.0. The molecule has 33 heavy (non-hydrogen) atoms. The van der Waals surface area contributed by atoms with Crippen LogP contribution in [0.1, 0.15) is 29.6 Å². The number of carbonyl (C=O) groups is 1. The Labute approximate surface area is 188 Å². The first-order valence-electron chi connectivity index (χ1n) is 10.2. The van der Waals surface area contributed by atoms with Gasteiger partial charge in [-0.2, -0.15) is 0 Å². The van der Waals surface area contributed by atoms with Crippen LogP contribution in [0.4, 0.5) is 13.2 Å². The second-order valence-electron chi connectivity index (χ2n) is 7.93. The molecule has 1 saturated heterocycles. The van der Waals surface area contributed by atoms with Crippen LogP contribution >= 0.6 is 0 Å². The lowest BCUT2D eigenvalue weighted by Crippen LogP contribution is -2.43. The molecule has 1 aliphatic rings. The summed E-state index contributed by atoms with van der Waals surface area (Å²) >= 11 is 0. The summed E-state index contributed by atoms with van der Waals surface area (Å²) in [7, 11) is -4.02. The third-order valence-corrected chi connectivity index (χ3v) is 6.35. The molecule has 0 saturated carbocycles. The highest BCUT2D eigenvalue weighted by atomic mass is 32.2. The van der Waals surface area contributed by atoms with Gasteiger partial charge in [0, 0.05) is 42.9 Å². The third-order valence-electron chi connectivity index (χ3n) is 5.44. The van der Waals surface area contributed by atoms with Crippen molar-refractivity contribution in [3.05, 3.63) is 59.9 Å². The van der Waals surface area contributed by atoms with Gasteiger partial charge >= 0.3 is 0 Å². The van der Waals surface area contributed by atoms with Crippen molar-refractivity contribution in [3.63, 3.8) is 0 Å². The number of hydrogen-bond donors (Lipinski definition) is 2. The number of halogens is 3. The number of carbonyl (C=O) groups excluding carboxylic acids is 1. The summed E-state index contributed by atoms with van der Waals surface area (Å²) in [6.07, 6.45) is -0.425. The number of alkyl halides is 2. The van der Waals surface area contributed by atoms with E-state index in [-0.39, 0.29) is 59.6 Å². The van der Waals surface area contributed by atoms with Crippen LogP contribution in [0.5, 0.6) is 0 Å². The number of nitrogens with two attached hydrogens (primary N) is 1. The normalized spacial score (nSPS) is 17.0. The minimum atomic E-state index is -4.02. The fraction of sp³-hybridized carbons (Fsp3) is 0.273. The highest BCUT2D eigenvalue weighted by Crippen LogP contribution is 2.29. The molecule has 0 spiro atoms. The lowest BCUT2D eigenvalue weighted by Gasteiger charge is -2.22. The SMILES string of the molecule is NS(=O)(=O)c1cccc(-c2nc3cc(F)ccc3cc2C(=O)NN2CCCC(F)(F)CC2)c1. The van der Waals surface area contributed by atoms with Crippen molar-refractivity contribution in [2.24, 2.45) is 5.14 Å². The number of benzene rings is 2. The number of fused-ring (bicyclic) bond motifs is 1. The van der Waals surface area contributed by atoms with Crippen LogP contribution in [0.2, 0.25) is 0 Å². The van der Waals surface area contributed by atoms with Gasteiger partial charge in [-0.05, 0) is 36.8 Å². The zero-order chi connectivity index (χ0) is 23.8. The predicted molar refractivity (Wildman–Crippen MR) is 116 cm³/mol. The maximum atomic E-state index is 13.8. The van der Waals surface area contributed by atoms with Crippen LogP contribution in [0.25, 0.3) is 22.2 Å². The van der Waals surface area contributed by atoms with E-state index in [4.69, 9.17) is 5.14 Å². The van der Waals surface area contributed by atoms with Crippen LogP contribution in [-0.4, -0.2) is 43.3 Å². The summed E-state index contributed by atoms with van der Waals surface area (Å²) < 4.78 is 64.7.